The van der Waals surface area contributed by atoms with Gasteiger partial charge in [0, 0.05) is 13.1 Å². The summed E-state index contributed by atoms with van der Waals surface area (Å²) < 4.78 is 51.7. The molecule has 6 nitrogen and oxygen atoms in total. The molecule has 2 aromatic carbocycles. The number of hydrogen-bond acceptors (Lipinski definition) is 5. The lowest BCUT2D eigenvalue weighted by molar-refractivity contribution is 0.401. The Bertz CT molecular complexity index is 927. The largest absolute Gasteiger partial charge is 0.330 e. The first-order chi connectivity index (χ1) is 12.3. The predicted molar refractivity (Wildman–Crippen MR) is 102 cm³/mol. The maximum absolute atomic E-state index is 13.1. The van der Waals surface area contributed by atoms with E-state index in [1.165, 1.54) is 35.5 Å². The fourth-order valence-electron chi connectivity index (χ4n) is 2.48. The smallest absolute Gasteiger partial charge is 0.243 e. The first-order valence-electron chi connectivity index (χ1n) is 8.38. The molecule has 0 saturated carbocycles. The van der Waals surface area contributed by atoms with Crippen LogP contribution in [0.1, 0.15) is 18.9 Å². The molecule has 0 aliphatic rings. The second-order valence-corrected chi connectivity index (χ2v) is 10.1. The molecule has 0 unspecified atom stereocenters. The van der Waals surface area contributed by atoms with Crippen molar-refractivity contribution in [2.75, 3.05) is 18.8 Å². The van der Waals surface area contributed by atoms with E-state index in [2.05, 4.69) is 0 Å². The van der Waals surface area contributed by atoms with Crippen LogP contribution in [0.3, 0.4) is 0 Å². The van der Waals surface area contributed by atoms with E-state index in [0.717, 1.165) is 5.56 Å². The number of nitrogens with zero attached hydrogens (tertiary/aromatic N) is 1. The van der Waals surface area contributed by atoms with Crippen LogP contribution in [-0.2, 0) is 26.4 Å². The third-order valence-corrected chi connectivity index (χ3v) is 7.57. The van der Waals surface area contributed by atoms with Gasteiger partial charge in [-0.3, -0.25) is 0 Å². The molecule has 0 saturated heterocycles. The van der Waals surface area contributed by atoms with Gasteiger partial charge in [-0.25, -0.2) is 16.8 Å². The Morgan fingerprint density at radius 1 is 0.923 bits per heavy atom. The normalized spacial score (nSPS) is 12.4. The Labute approximate surface area is 155 Å². The topological polar surface area (TPSA) is 97.5 Å². The SMILES string of the molecule is CCS(=O)(=O)c1cccc(S(=O)(=O)N(CCCN)Cc2ccccc2)c1. The van der Waals surface area contributed by atoms with E-state index in [1.807, 2.05) is 30.3 Å². The van der Waals surface area contributed by atoms with Crippen molar-refractivity contribution in [3.05, 3.63) is 60.2 Å². The van der Waals surface area contributed by atoms with Crippen molar-refractivity contribution in [1.82, 2.24) is 4.31 Å². The summed E-state index contributed by atoms with van der Waals surface area (Å²) in [5.74, 6) is -0.0859. The molecule has 2 rings (SSSR count). The molecular formula is C18H24N2O4S2. The lowest BCUT2D eigenvalue weighted by Crippen LogP contribution is -2.32. The fourth-order valence-corrected chi connectivity index (χ4v) is 5.00. The van der Waals surface area contributed by atoms with Crippen molar-refractivity contribution in [3.63, 3.8) is 0 Å². The van der Waals surface area contributed by atoms with E-state index in [4.69, 9.17) is 5.73 Å². The molecule has 0 spiro atoms. The van der Waals surface area contributed by atoms with Gasteiger partial charge in [-0.1, -0.05) is 43.3 Å². The summed E-state index contributed by atoms with van der Waals surface area (Å²) in [5.41, 5.74) is 6.40. The third kappa shape index (κ3) is 4.91. The van der Waals surface area contributed by atoms with Gasteiger partial charge in [0.1, 0.15) is 0 Å². The zero-order valence-corrected chi connectivity index (χ0v) is 16.3. The molecule has 142 valence electrons. The molecule has 0 amide bonds. The lowest BCUT2D eigenvalue weighted by atomic mass is 10.2. The number of hydrogen-bond donors (Lipinski definition) is 1. The minimum atomic E-state index is -3.85. The van der Waals surface area contributed by atoms with Crippen LogP contribution in [-0.4, -0.2) is 40.0 Å². The Hall–Kier alpha value is -1.74. The summed E-state index contributed by atoms with van der Waals surface area (Å²) in [7, 11) is -7.33. The highest BCUT2D eigenvalue weighted by Crippen LogP contribution is 2.22. The number of sulfonamides is 1. The van der Waals surface area contributed by atoms with E-state index in [9.17, 15) is 16.8 Å². The molecule has 0 aliphatic carbocycles. The van der Waals surface area contributed by atoms with Gasteiger partial charge in [0.15, 0.2) is 9.84 Å². The van der Waals surface area contributed by atoms with Crippen LogP contribution in [0.2, 0.25) is 0 Å². The van der Waals surface area contributed by atoms with Gasteiger partial charge >= 0.3 is 0 Å². The van der Waals surface area contributed by atoms with Crippen LogP contribution in [0.5, 0.6) is 0 Å². The van der Waals surface area contributed by atoms with Gasteiger partial charge in [0.05, 0.1) is 15.5 Å². The molecule has 0 aliphatic heterocycles. The van der Waals surface area contributed by atoms with Crippen LogP contribution >= 0.6 is 0 Å². The van der Waals surface area contributed by atoms with Gasteiger partial charge in [-0.2, -0.15) is 4.31 Å². The van der Waals surface area contributed by atoms with E-state index >= 15 is 0 Å². The Morgan fingerprint density at radius 2 is 1.58 bits per heavy atom. The number of sulfone groups is 1. The maximum atomic E-state index is 13.1. The number of rotatable bonds is 9. The van der Waals surface area contributed by atoms with Gasteiger partial charge < -0.3 is 5.73 Å². The Morgan fingerprint density at radius 3 is 2.19 bits per heavy atom. The van der Waals surface area contributed by atoms with Crippen molar-refractivity contribution >= 4 is 19.9 Å². The summed E-state index contributed by atoms with van der Waals surface area (Å²) in [6.07, 6.45) is 0.513. The van der Waals surface area contributed by atoms with Crippen molar-refractivity contribution < 1.29 is 16.8 Å². The van der Waals surface area contributed by atoms with E-state index in [-0.39, 0.29) is 28.6 Å². The van der Waals surface area contributed by atoms with Gasteiger partial charge in [0.2, 0.25) is 10.0 Å². The number of nitrogens with two attached hydrogens (primary N) is 1. The fraction of sp³-hybridized carbons (Fsp3) is 0.333. The molecule has 8 heteroatoms. The van der Waals surface area contributed by atoms with E-state index in [1.54, 1.807) is 0 Å². The van der Waals surface area contributed by atoms with Crippen molar-refractivity contribution in [3.8, 4) is 0 Å². The van der Waals surface area contributed by atoms with Gasteiger partial charge in [-0.05, 0) is 36.7 Å². The summed E-state index contributed by atoms with van der Waals surface area (Å²) in [6.45, 7) is 2.36. The summed E-state index contributed by atoms with van der Waals surface area (Å²) in [6, 6.07) is 14.8. The highest BCUT2D eigenvalue weighted by atomic mass is 32.2. The minimum absolute atomic E-state index is 0.0135. The van der Waals surface area contributed by atoms with Crippen molar-refractivity contribution in [1.29, 1.82) is 0 Å². The van der Waals surface area contributed by atoms with Crippen LogP contribution in [0.4, 0.5) is 0 Å². The minimum Gasteiger partial charge on any atom is -0.330 e. The highest BCUT2D eigenvalue weighted by molar-refractivity contribution is 7.91. The molecule has 26 heavy (non-hydrogen) atoms. The Kier molecular flexibility index (Phi) is 6.94. The van der Waals surface area contributed by atoms with Gasteiger partial charge in [0.25, 0.3) is 0 Å². The summed E-state index contributed by atoms with van der Waals surface area (Å²) in [5, 5.41) is 0. The average Bonchev–Trinajstić information content (AvgIpc) is 2.66. The summed E-state index contributed by atoms with van der Waals surface area (Å²) >= 11 is 0. The predicted octanol–water partition coefficient (Wildman–Crippen LogP) is 2.02. The monoisotopic (exact) mass is 396 g/mol. The molecule has 0 radical (unpaired) electrons. The Balaban J connectivity index is 2.41. The summed E-state index contributed by atoms with van der Waals surface area (Å²) in [4.78, 5) is -0.0143. The molecule has 0 atom stereocenters. The zero-order chi connectivity index (χ0) is 19.2. The molecule has 2 aromatic rings. The van der Waals surface area contributed by atoms with Crippen LogP contribution in [0.25, 0.3) is 0 Å². The quantitative estimate of drug-likeness (QED) is 0.699. The first kappa shape index (κ1) is 20.6. The van der Waals surface area contributed by atoms with Gasteiger partial charge in [-0.15, -0.1) is 0 Å². The van der Waals surface area contributed by atoms with E-state index < -0.39 is 19.9 Å². The molecule has 0 aromatic heterocycles. The molecule has 0 bridgehead atoms. The van der Waals surface area contributed by atoms with E-state index in [0.29, 0.717) is 13.0 Å². The van der Waals surface area contributed by atoms with Crippen molar-refractivity contribution in [2.24, 2.45) is 5.73 Å². The lowest BCUT2D eigenvalue weighted by Gasteiger charge is -2.22. The second-order valence-electron chi connectivity index (χ2n) is 5.84. The third-order valence-electron chi connectivity index (χ3n) is 4.00. The average molecular weight is 397 g/mol. The van der Waals surface area contributed by atoms with Crippen molar-refractivity contribution in [2.45, 2.75) is 29.7 Å². The van der Waals surface area contributed by atoms with Crippen LogP contribution in [0.15, 0.2) is 64.4 Å². The molecule has 2 N–H and O–H groups in total. The van der Waals surface area contributed by atoms with Crippen LogP contribution < -0.4 is 5.73 Å². The van der Waals surface area contributed by atoms with Crippen LogP contribution in [0, 0.1) is 0 Å². The zero-order valence-electron chi connectivity index (χ0n) is 14.7. The second kappa shape index (κ2) is 8.77. The molecule has 0 fully saturated rings. The standard InChI is InChI=1S/C18H24N2O4S2/c1-2-25(21,22)17-10-6-11-18(14-17)26(23,24)20(13-7-12-19)15-16-8-4-3-5-9-16/h3-6,8-11,14H,2,7,12-13,15,19H2,1H3. The molecular weight excluding hydrogens is 372 g/mol. The highest BCUT2D eigenvalue weighted by Gasteiger charge is 2.25. The molecule has 0 heterocycles. The maximum Gasteiger partial charge on any atom is 0.243 e. The number of benzene rings is 2. The first-order valence-corrected chi connectivity index (χ1v) is 11.5.